The second kappa shape index (κ2) is 7.78. The second-order valence-electron chi connectivity index (χ2n) is 6.46. The fourth-order valence-electron chi connectivity index (χ4n) is 3.05. The van der Waals surface area contributed by atoms with Gasteiger partial charge in [-0.1, -0.05) is 30.4 Å². The van der Waals surface area contributed by atoms with Gasteiger partial charge < -0.3 is 10.1 Å². The number of carbonyl (C=O) groups excluding carboxylic acids is 2. The molecule has 1 aliphatic heterocycles. The monoisotopic (exact) mass is 391 g/mol. The average molecular weight is 391 g/mol. The maximum Gasteiger partial charge on any atom is 0.454 e. The summed E-state index contributed by atoms with van der Waals surface area (Å²) < 4.78 is 7.45. The first kappa shape index (κ1) is 18.1. The molecular weight excluding hydrogens is 372 g/mol. The first-order valence-corrected chi connectivity index (χ1v) is 9.78. The van der Waals surface area contributed by atoms with Crippen molar-refractivity contribution in [3.63, 3.8) is 0 Å². The summed E-state index contributed by atoms with van der Waals surface area (Å²) in [5.41, 5.74) is 2.19. The van der Waals surface area contributed by atoms with Crippen molar-refractivity contribution >= 4 is 34.9 Å². The van der Waals surface area contributed by atoms with Gasteiger partial charge in [-0.25, -0.2) is 4.79 Å². The largest absolute Gasteiger partial charge is 0.465 e. The summed E-state index contributed by atoms with van der Waals surface area (Å²) in [5.74, 6) is -0.0363. The quantitative estimate of drug-likeness (QED) is 0.643. The molecule has 1 N–H and O–H groups in total. The molecule has 0 saturated heterocycles. The number of nitrogens with zero attached hydrogens (tertiary/aromatic N) is 1. The van der Waals surface area contributed by atoms with E-state index in [2.05, 4.69) is 5.32 Å². The lowest BCUT2D eigenvalue weighted by Crippen LogP contribution is -2.40. The van der Waals surface area contributed by atoms with Gasteiger partial charge in [-0.15, -0.1) is 11.3 Å². The van der Waals surface area contributed by atoms with E-state index in [0.29, 0.717) is 12.1 Å². The molecule has 0 bridgehead atoms. The Labute approximate surface area is 167 Å². The molecule has 0 radical (unpaired) electrons. The molecule has 2 aliphatic rings. The third-order valence-electron chi connectivity index (χ3n) is 4.59. The summed E-state index contributed by atoms with van der Waals surface area (Å²) in [7, 11) is 1.74. The van der Waals surface area contributed by atoms with Crippen molar-refractivity contribution in [3.8, 4) is 0 Å². The van der Waals surface area contributed by atoms with Gasteiger partial charge in [0.15, 0.2) is 0 Å². The van der Waals surface area contributed by atoms with Crippen LogP contribution < -0.4 is 5.32 Å². The van der Waals surface area contributed by atoms with Crippen LogP contribution >= 0.6 is 11.3 Å². The van der Waals surface area contributed by atoms with Crippen molar-refractivity contribution in [1.29, 1.82) is 0 Å². The van der Waals surface area contributed by atoms with Gasteiger partial charge in [0.1, 0.15) is 7.05 Å². The number of benzene rings is 1. The molecule has 2 heterocycles. The van der Waals surface area contributed by atoms with E-state index in [0.717, 1.165) is 16.2 Å². The Balaban J connectivity index is 1.47. The molecule has 0 saturated carbocycles. The van der Waals surface area contributed by atoms with E-state index in [1.165, 1.54) is 0 Å². The van der Waals surface area contributed by atoms with Crippen LogP contribution in [0.25, 0.3) is 6.08 Å². The number of carbonyl (C=O) groups is 2. The van der Waals surface area contributed by atoms with Gasteiger partial charge >= 0.3 is 5.91 Å². The van der Waals surface area contributed by atoms with Crippen LogP contribution in [0.3, 0.4) is 0 Å². The highest BCUT2D eigenvalue weighted by Crippen LogP contribution is 2.20. The Morgan fingerprint density at radius 2 is 2.07 bits per heavy atom. The lowest BCUT2D eigenvalue weighted by molar-refractivity contribution is -0.424. The Kier molecular flexibility index (Phi) is 5.04. The molecule has 2 aromatic rings. The highest BCUT2D eigenvalue weighted by molar-refractivity contribution is 7.09. The normalized spacial score (nSPS) is 19.5. The van der Waals surface area contributed by atoms with Gasteiger partial charge in [-0.05, 0) is 41.3 Å². The summed E-state index contributed by atoms with van der Waals surface area (Å²) in [6.45, 7) is 0.513. The standard InChI is InChI=1S/C22H18N2O3S/c1-24-18-6-2-3-7-19(18)27-20(22(24)26)13-15-8-10-16(11-9-15)21(25)23-14-17-5-4-12-28-17/h2-13,19H,14H2,1H3/p+1/b20-13-. The maximum absolute atomic E-state index is 12.5. The van der Waals surface area contributed by atoms with Crippen LogP contribution in [-0.4, -0.2) is 35.3 Å². The number of amides is 2. The van der Waals surface area contributed by atoms with Crippen LogP contribution in [0.2, 0.25) is 0 Å². The van der Waals surface area contributed by atoms with E-state index in [1.807, 2.05) is 41.8 Å². The SMILES string of the molecule is C[N+]1=C2C=CC=CC2O/C(=C\c2ccc(C(=O)NCc3cccs3)cc2)C1=O. The third-order valence-corrected chi connectivity index (χ3v) is 5.46. The minimum atomic E-state index is -0.263. The van der Waals surface area contributed by atoms with Crippen molar-refractivity contribution in [1.82, 2.24) is 5.32 Å². The summed E-state index contributed by atoms with van der Waals surface area (Å²) in [5, 5.41) is 4.88. The number of ether oxygens (including phenoxy) is 1. The predicted molar refractivity (Wildman–Crippen MR) is 109 cm³/mol. The van der Waals surface area contributed by atoms with Crippen LogP contribution in [0.4, 0.5) is 0 Å². The number of hydrogen-bond donors (Lipinski definition) is 1. The highest BCUT2D eigenvalue weighted by Gasteiger charge is 2.37. The Morgan fingerprint density at radius 1 is 1.25 bits per heavy atom. The Bertz CT molecular complexity index is 1030. The smallest absolute Gasteiger partial charge is 0.454 e. The van der Waals surface area contributed by atoms with E-state index < -0.39 is 0 Å². The van der Waals surface area contributed by atoms with E-state index in [9.17, 15) is 9.59 Å². The fraction of sp³-hybridized carbons (Fsp3) is 0.136. The van der Waals surface area contributed by atoms with Gasteiger partial charge in [-0.3, -0.25) is 4.79 Å². The van der Waals surface area contributed by atoms with Crippen LogP contribution in [0.1, 0.15) is 20.8 Å². The second-order valence-corrected chi connectivity index (χ2v) is 7.50. The van der Waals surface area contributed by atoms with Gasteiger partial charge in [0.2, 0.25) is 17.6 Å². The van der Waals surface area contributed by atoms with Crippen LogP contribution in [0, 0.1) is 0 Å². The summed E-state index contributed by atoms with van der Waals surface area (Å²) in [6, 6.07) is 11.0. The Hall–Kier alpha value is -3.25. The van der Waals surface area contributed by atoms with Gasteiger partial charge in [-0.2, -0.15) is 4.58 Å². The minimum Gasteiger partial charge on any atom is -0.465 e. The van der Waals surface area contributed by atoms with Crippen molar-refractivity contribution in [2.45, 2.75) is 12.6 Å². The van der Waals surface area contributed by atoms with Crippen LogP contribution in [0.5, 0.6) is 0 Å². The van der Waals surface area contributed by atoms with Crippen LogP contribution in [-0.2, 0) is 16.1 Å². The van der Waals surface area contributed by atoms with Gasteiger partial charge in [0.25, 0.3) is 5.91 Å². The fourth-order valence-corrected chi connectivity index (χ4v) is 3.69. The number of fused-ring (bicyclic) bond motifs is 1. The average Bonchev–Trinajstić information content (AvgIpc) is 3.24. The minimum absolute atomic E-state index is 0.129. The number of allylic oxidation sites excluding steroid dienone is 2. The molecule has 1 aromatic carbocycles. The number of thiophene rings is 1. The first-order valence-electron chi connectivity index (χ1n) is 8.90. The zero-order valence-electron chi connectivity index (χ0n) is 15.3. The van der Waals surface area contributed by atoms with Crippen molar-refractivity contribution in [2.24, 2.45) is 0 Å². The molecule has 1 aliphatic carbocycles. The number of rotatable bonds is 4. The molecule has 5 nitrogen and oxygen atoms in total. The highest BCUT2D eigenvalue weighted by atomic mass is 32.1. The molecule has 28 heavy (non-hydrogen) atoms. The summed E-state index contributed by atoms with van der Waals surface area (Å²) in [4.78, 5) is 25.9. The Morgan fingerprint density at radius 3 is 2.82 bits per heavy atom. The molecule has 0 spiro atoms. The van der Waals surface area contributed by atoms with E-state index in [-0.39, 0.29) is 23.7 Å². The molecule has 6 heteroatoms. The number of hydrogen-bond acceptors (Lipinski definition) is 4. The van der Waals surface area contributed by atoms with Crippen LogP contribution in [0.15, 0.2) is 71.8 Å². The molecule has 1 aromatic heterocycles. The van der Waals surface area contributed by atoms with Crippen molar-refractivity contribution < 1.29 is 18.9 Å². The van der Waals surface area contributed by atoms with Crippen molar-refractivity contribution in [3.05, 3.63) is 87.8 Å². The zero-order valence-corrected chi connectivity index (χ0v) is 16.1. The molecule has 140 valence electrons. The van der Waals surface area contributed by atoms with E-state index in [4.69, 9.17) is 4.74 Å². The molecule has 2 amide bonds. The lowest BCUT2D eigenvalue weighted by Gasteiger charge is -2.21. The number of likely N-dealkylation sites (N-methyl/N-ethyl adjacent to an activating group) is 1. The van der Waals surface area contributed by atoms with Crippen molar-refractivity contribution in [2.75, 3.05) is 7.05 Å². The topological polar surface area (TPSA) is 58.4 Å². The third kappa shape index (κ3) is 3.73. The predicted octanol–water partition coefficient (Wildman–Crippen LogP) is 3.15. The first-order chi connectivity index (χ1) is 13.6. The summed E-state index contributed by atoms with van der Waals surface area (Å²) >= 11 is 1.61. The molecule has 0 fully saturated rings. The lowest BCUT2D eigenvalue weighted by atomic mass is 10.1. The van der Waals surface area contributed by atoms with E-state index in [1.54, 1.807) is 53.3 Å². The molecule has 4 rings (SSSR count). The maximum atomic E-state index is 12.5. The molecular formula is C22H19N2O3S+. The van der Waals surface area contributed by atoms with Gasteiger partial charge in [0, 0.05) is 16.5 Å². The molecule has 1 unspecified atom stereocenters. The van der Waals surface area contributed by atoms with E-state index >= 15 is 0 Å². The molecule has 1 atom stereocenters. The zero-order chi connectivity index (χ0) is 19.5. The number of nitrogens with one attached hydrogen (secondary N) is 1. The summed E-state index contributed by atoms with van der Waals surface area (Å²) in [6.07, 6.45) is 9.02. The van der Waals surface area contributed by atoms with Gasteiger partial charge in [0.05, 0.1) is 6.54 Å².